The Labute approximate surface area is 85.5 Å². The Morgan fingerprint density at radius 2 is 2.00 bits per heavy atom. The normalized spacial score (nSPS) is 20.5. The third-order valence-electron chi connectivity index (χ3n) is 2.97. The zero-order chi connectivity index (χ0) is 11.2. The van der Waals surface area contributed by atoms with E-state index < -0.39 is 17.8 Å². The average molecular weight is 216 g/mol. The van der Waals surface area contributed by atoms with Gasteiger partial charge in [-0.2, -0.15) is 13.2 Å². The summed E-state index contributed by atoms with van der Waals surface area (Å²) in [6.45, 7) is 1.47. The SMILES string of the molecule is Cc1c(C(F)(F)F)ccc2c1CC[C@@H]2O. The van der Waals surface area contributed by atoms with Gasteiger partial charge in [0, 0.05) is 0 Å². The summed E-state index contributed by atoms with van der Waals surface area (Å²) in [5.41, 5.74) is 0.990. The Hall–Kier alpha value is -1.03. The number of aliphatic hydroxyl groups is 1. The summed E-state index contributed by atoms with van der Waals surface area (Å²) in [7, 11) is 0. The molecule has 0 amide bonds. The molecule has 1 aliphatic rings. The first-order valence-electron chi connectivity index (χ1n) is 4.79. The molecule has 1 nitrogen and oxygen atoms in total. The van der Waals surface area contributed by atoms with Gasteiger partial charge in [0.25, 0.3) is 0 Å². The van der Waals surface area contributed by atoms with Crippen molar-refractivity contribution in [2.24, 2.45) is 0 Å². The smallest absolute Gasteiger partial charge is 0.388 e. The number of hydrogen-bond donors (Lipinski definition) is 1. The van der Waals surface area contributed by atoms with Crippen LogP contribution in [0, 0.1) is 6.92 Å². The van der Waals surface area contributed by atoms with Crippen LogP contribution in [0.15, 0.2) is 12.1 Å². The van der Waals surface area contributed by atoms with Crippen molar-refractivity contribution in [3.05, 3.63) is 34.4 Å². The van der Waals surface area contributed by atoms with E-state index in [2.05, 4.69) is 0 Å². The van der Waals surface area contributed by atoms with Crippen LogP contribution in [0.1, 0.15) is 34.8 Å². The fourth-order valence-corrected chi connectivity index (χ4v) is 2.17. The van der Waals surface area contributed by atoms with Crippen LogP contribution in [0.3, 0.4) is 0 Å². The second kappa shape index (κ2) is 3.23. The van der Waals surface area contributed by atoms with Gasteiger partial charge in [-0.05, 0) is 42.5 Å². The number of benzene rings is 1. The molecule has 15 heavy (non-hydrogen) atoms. The largest absolute Gasteiger partial charge is 0.416 e. The van der Waals surface area contributed by atoms with Crippen molar-refractivity contribution in [1.29, 1.82) is 0 Å². The van der Waals surface area contributed by atoms with Gasteiger partial charge < -0.3 is 5.11 Å². The van der Waals surface area contributed by atoms with Gasteiger partial charge in [0.05, 0.1) is 11.7 Å². The summed E-state index contributed by atoms with van der Waals surface area (Å²) < 4.78 is 37.7. The van der Waals surface area contributed by atoms with Crippen molar-refractivity contribution in [3.63, 3.8) is 0 Å². The lowest BCUT2D eigenvalue weighted by Gasteiger charge is -2.14. The molecule has 0 aliphatic heterocycles. The molecule has 0 saturated heterocycles. The molecule has 2 rings (SSSR count). The van der Waals surface area contributed by atoms with Crippen LogP contribution in [0.4, 0.5) is 13.2 Å². The van der Waals surface area contributed by atoms with Gasteiger partial charge in [-0.15, -0.1) is 0 Å². The second-order valence-corrected chi connectivity index (χ2v) is 3.86. The third-order valence-corrected chi connectivity index (χ3v) is 2.97. The summed E-state index contributed by atoms with van der Waals surface area (Å²) >= 11 is 0. The Bertz CT molecular complexity index is 396. The molecule has 0 heterocycles. The number of aliphatic hydroxyl groups excluding tert-OH is 1. The Kier molecular flexibility index (Phi) is 2.26. The minimum absolute atomic E-state index is 0.261. The zero-order valence-electron chi connectivity index (χ0n) is 8.23. The number of hydrogen-bond acceptors (Lipinski definition) is 1. The van der Waals surface area contributed by atoms with Gasteiger partial charge in [0.1, 0.15) is 0 Å². The predicted molar refractivity (Wildman–Crippen MR) is 49.5 cm³/mol. The van der Waals surface area contributed by atoms with E-state index in [0.29, 0.717) is 24.0 Å². The Morgan fingerprint density at radius 3 is 2.60 bits per heavy atom. The van der Waals surface area contributed by atoms with E-state index >= 15 is 0 Å². The van der Waals surface area contributed by atoms with Crippen molar-refractivity contribution in [3.8, 4) is 0 Å². The van der Waals surface area contributed by atoms with Crippen LogP contribution >= 0.6 is 0 Å². The summed E-state index contributed by atoms with van der Waals surface area (Å²) in [5.74, 6) is 0. The first-order chi connectivity index (χ1) is 6.91. The first kappa shape index (κ1) is 10.5. The van der Waals surface area contributed by atoms with Gasteiger partial charge in [-0.25, -0.2) is 0 Å². The van der Waals surface area contributed by atoms with Crippen molar-refractivity contribution < 1.29 is 18.3 Å². The fourth-order valence-electron chi connectivity index (χ4n) is 2.17. The first-order valence-corrected chi connectivity index (χ1v) is 4.79. The fraction of sp³-hybridized carbons (Fsp3) is 0.455. The topological polar surface area (TPSA) is 20.2 Å². The van der Waals surface area contributed by atoms with Crippen LogP contribution in [0.5, 0.6) is 0 Å². The van der Waals surface area contributed by atoms with Gasteiger partial charge in [0.2, 0.25) is 0 Å². The molecule has 0 saturated carbocycles. The molecule has 0 spiro atoms. The summed E-state index contributed by atoms with van der Waals surface area (Å²) in [6, 6.07) is 2.45. The molecular weight excluding hydrogens is 205 g/mol. The average Bonchev–Trinajstić information content (AvgIpc) is 2.47. The summed E-state index contributed by atoms with van der Waals surface area (Å²) in [4.78, 5) is 0. The van der Waals surface area contributed by atoms with Gasteiger partial charge in [-0.1, -0.05) is 6.07 Å². The van der Waals surface area contributed by atoms with Crippen LogP contribution in [0.2, 0.25) is 0 Å². The molecule has 0 bridgehead atoms. The standard InChI is InChI=1S/C11H11F3O/c1-6-7-3-5-10(15)8(7)2-4-9(6)11(12,13)14/h2,4,10,15H,3,5H2,1H3/t10-/m0/s1. The van der Waals surface area contributed by atoms with Crippen LogP contribution < -0.4 is 0 Å². The maximum atomic E-state index is 12.6. The molecule has 1 atom stereocenters. The summed E-state index contributed by atoms with van der Waals surface area (Å²) in [6.07, 6.45) is -3.84. The minimum Gasteiger partial charge on any atom is -0.388 e. The van der Waals surface area contributed by atoms with E-state index in [1.165, 1.54) is 13.0 Å². The third kappa shape index (κ3) is 1.63. The highest BCUT2D eigenvalue weighted by molar-refractivity contribution is 5.45. The van der Waals surface area contributed by atoms with Gasteiger partial charge in [-0.3, -0.25) is 0 Å². The van der Waals surface area contributed by atoms with Crippen molar-refractivity contribution in [1.82, 2.24) is 0 Å². The lowest BCUT2D eigenvalue weighted by Crippen LogP contribution is -2.09. The highest BCUT2D eigenvalue weighted by atomic mass is 19.4. The summed E-state index contributed by atoms with van der Waals surface area (Å²) in [5, 5.41) is 9.52. The molecule has 82 valence electrons. The maximum Gasteiger partial charge on any atom is 0.416 e. The lowest BCUT2D eigenvalue weighted by molar-refractivity contribution is -0.138. The predicted octanol–water partition coefficient (Wildman–Crippen LogP) is 2.99. The highest BCUT2D eigenvalue weighted by Crippen LogP contribution is 2.39. The van der Waals surface area contributed by atoms with Crippen molar-refractivity contribution >= 4 is 0 Å². The van der Waals surface area contributed by atoms with E-state index in [0.717, 1.165) is 6.07 Å². The Balaban J connectivity index is 2.56. The monoisotopic (exact) mass is 216 g/mol. The number of halogens is 3. The molecule has 1 N–H and O–H groups in total. The lowest BCUT2D eigenvalue weighted by atomic mass is 9.98. The van der Waals surface area contributed by atoms with Gasteiger partial charge >= 0.3 is 6.18 Å². The highest BCUT2D eigenvalue weighted by Gasteiger charge is 2.35. The molecule has 4 heteroatoms. The van der Waals surface area contributed by atoms with Crippen molar-refractivity contribution in [2.45, 2.75) is 32.0 Å². The molecule has 1 aromatic carbocycles. The Morgan fingerprint density at radius 1 is 1.33 bits per heavy atom. The molecule has 1 aromatic rings. The van der Waals surface area contributed by atoms with E-state index in [9.17, 15) is 18.3 Å². The molecule has 0 aromatic heterocycles. The molecule has 0 radical (unpaired) electrons. The number of fused-ring (bicyclic) bond motifs is 1. The maximum absolute atomic E-state index is 12.6. The molecule has 0 unspecified atom stereocenters. The zero-order valence-corrected chi connectivity index (χ0v) is 8.23. The second-order valence-electron chi connectivity index (χ2n) is 3.86. The van der Waals surface area contributed by atoms with Gasteiger partial charge in [0.15, 0.2) is 0 Å². The number of rotatable bonds is 0. The van der Waals surface area contributed by atoms with Crippen LogP contribution in [-0.2, 0) is 12.6 Å². The minimum atomic E-state index is -4.30. The quantitative estimate of drug-likeness (QED) is 0.706. The van der Waals surface area contributed by atoms with Crippen LogP contribution in [-0.4, -0.2) is 5.11 Å². The van der Waals surface area contributed by atoms with E-state index in [1.54, 1.807) is 0 Å². The molecular formula is C11H11F3O. The van der Waals surface area contributed by atoms with Crippen molar-refractivity contribution in [2.75, 3.05) is 0 Å². The van der Waals surface area contributed by atoms with E-state index in [1.807, 2.05) is 0 Å². The molecule has 0 fully saturated rings. The van der Waals surface area contributed by atoms with E-state index in [4.69, 9.17) is 0 Å². The van der Waals surface area contributed by atoms with Crippen LogP contribution in [0.25, 0.3) is 0 Å². The van der Waals surface area contributed by atoms with E-state index in [-0.39, 0.29) is 5.56 Å². The number of alkyl halides is 3. The molecule has 1 aliphatic carbocycles.